The maximum atomic E-state index is 10.6. The van der Waals surface area contributed by atoms with Gasteiger partial charge in [-0.1, -0.05) is 11.6 Å². The number of nitriles is 1. The van der Waals surface area contributed by atoms with E-state index < -0.39 is 10.5 Å². The van der Waals surface area contributed by atoms with Crippen LogP contribution < -0.4 is 10.1 Å². The average Bonchev–Trinajstić information content (AvgIpc) is 3.24. The normalized spacial score (nSPS) is 16.8. The minimum absolute atomic E-state index is 0.0791. The Labute approximate surface area is 127 Å². The van der Waals surface area contributed by atoms with Crippen molar-refractivity contribution < 1.29 is 9.66 Å². The predicted octanol–water partition coefficient (Wildman–Crippen LogP) is 3.05. The highest BCUT2D eigenvalue weighted by molar-refractivity contribution is 6.32. The molecule has 2 rings (SSSR count). The van der Waals surface area contributed by atoms with Crippen molar-refractivity contribution in [1.82, 2.24) is 5.32 Å². The molecule has 0 saturated heterocycles. The second-order valence-electron chi connectivity index (χ2n) is 5.33. The van der Waals surface area contributed by atoms with Crippen molar-refractivity contribution in [2.75, 3.05) is 6.61 Å². The third kappa shape index (κ3) is 4.31. The van der Waals surface area contributed by atoms with Crippen LogP contribution in [0.3, 0.4) is 0 Å². The van der Waals surface area contributed by atoms with Crippen molar-refractivity contribution in [3.05, 3.63) is 33.3 Å². The van der Waals surface area contributed by atoms with Gasteiger partial charge in [0.05, 0.1) is 22.6 Å². The number of rotatable bonds is 7. The summed E-state index contributed by atoms with van der Waals surface area (Å²) in [6, 6.07) is 6.75. The summed E-state index contributed by atoms with van der Waals surface area (Å²) >= 11 is 5.94. The molecule has 1 fully saturated rings. The Bertz CT molecular complexity index is 583. The van der Waals surface area contributed by atoms with Crippen LogP contribution in [0.2, 0.25) is 5.02 Å². The van der Waals surface area contributed by atoms with E-state index in [2.05, 4.69) is 11.4 Å². The third-order valence-electron chi connectivity index (χ3n) is 3.33. The molecule has 0 heterocycles. The zero-order chi connectivity index (χ0) is 15.5. The zero-order valence-corrected chi connectivity index (χ0v) is 12.4. The van der Waals surface area contributed by atoms with Gasteiger partial charge >= 0.3 is 0 Å². The van der Waals surface area contributed by atoms with Gasteiger partial charge < -0.3 is 4.74 Å². The van der Waals surface area contributed by atoms with E-state index in [-0.39, 0.29) is 10.7 Å². The molecular formula is C14H16ClN3O3. The van der Waals surface area contributed by atoms with Crippen LogP contribution >= 0.6 is 11.6 Å². The van der Waals surface area contributed by atoms with E-state index in [0.717, 1.165) is 12.8 Å². The Morgan fingerprint density at radius 2 is 2.33 bits per heavy atom. The third-order valence-corrected chi connectivity index (χ3v) is 3.63. The fraction of sp³-hybridized carbons (Fsp3) is 0.500. The molecule has 0 aliphatic heterocycles. The van der Waals surface area contributed by atoms with E-state index in [1.807, 2.05) is 6.92 Å². The topological polar surface area (TPSA) is 88.2 Å². The number of hydrogen-bond donors (Lipinski definition) is 1. The molecule has 0 radical (unpaired) electrons. The number of nitro benzene ring substituents is 1. The molecule has 1 unspecified atom stereocenters. The summed E-state index contributed by atoms with van der Waals surface area (Å²) in [4.78, 5) is 10.1. The summed E-state index contributed by atoms with van der Waals surface area (Å²) in [5.74, 6) is 0.383. The molecule has 1 aromatic rings. The minimum Gasteiger partial charge on any atom is -0.492 e. The van der Waals surface area contributed by atoms with Crippen LogP contribution in [0, 0.1) is 21.4 Å². The van der Waals surface area contributed by atoms with Crippen LogP contribution in [0.15, 0.2) is 18.2 Å². The molecule has 0 aromatic heterocycles. The molecule has 7 heteroatoms. The van der Waals surface area contributed by atoms with Crippen LogP contribution in [-0.4, -0.2) is 23.1 Å². The lowest BCUT2D eigenvalue weighted by atomic mass is 10.0. The van der Waals surface area contributed by atoms with Gasteiger partial charge in [0.25, 0.3) is 5.69 Å². The van der Waals surface area contributed by atoms with Crippen LogP contribution in [-0.2, 0) is 0 Å². The van der Waals surface area contributed by atoms with E-state index >= 15 is 0 Å². The highest BCUT2D eigenvalue weighted by Crippen LogP contribution is 2.29. The molecule has 1 saturated carbocycles. The van der Waals surface area contributed by atoms with Gasteiger partial charge in [0.1, 0.15) is 11.3 Å². The SMILES string of the molecule is CC(C#N)(CCOc1ccc([N+](=O)[O-])cc1Cl)NC1CC1. The second-order valence-corrected chi connectivity index (χ2v) is 5.74. The number of ether oxygens (including phenoxy) is 1. The van der Waals surface area contributed by atoms with E-state index in [1.165, 1.54) is 18.2 Å². The van der Waals surface area contributed by atoms with Crippen LogP contribution in [0.4, 0.5) is 5.69 Å². The standard InChI is InChI=1S/C14H16ClN3O3/c1-14(9-16,17-10-2-3-10)6-7-21-13-5-4-11(18(19)20)8-12(13)15/h4-5,8,10,17H,2-3,6-7H2,1H3. The summed E-state index contributed by atoms with van der Waals surface area (Å²) in [7, 11) is 0. The molecule has 1 atom stereocenters. The first-order valence-corrected chi connectivity index (χ1v) is 7.07. The van der Waals surface area contributed by atoms with Gasteiger partial charge in [0.15, 0.2) is 0 Å². The molecule has 1 aliphatic carbocycles. The molecule has 6 nitrogen and oxygen atoms in total. The Morgan fingerprint density at radius 1 is 1.62 bits per heavy atom. The highest BCUT2D eigenvalue weighted by atomic mass is 35.5. The van der Waals surface area contributed by atoms with Crippen molar-refractivity contribution in [1.29, 1.82) is 5.26 Å². The number of hydrogen-bond acceptors (Lipinski definition) is 5. The fourth-order valence-corrected chi connectivity index (χ4v) is 2.15. The largest absolute Gasteiger partial charge is 0.492 e. The van der Waals surface area contributed by atoms with Crippen molar-refractivity contribution >= 4 is 17.3 Å². The van der Waals surface area contributed by atoms with Crippen molar-refractivity contribution in [3.63, 3.8) is 0 Å². The number of non-ortho nitro benzene ring substituents is 1. The van der Waals surface area contributed by atoms with Gasteiger partial charge in [-0.3, -0.25) is 15.4 Å². The summed E-state index contributed by atoms with van der Waals surface area (Å²) in [6.45, 7) is 2.15. The van der Waals surface area contributed by atoms with Gasteiger partial charge in [0.2, 0.25) is 0 Å². The van der Waals surface area contributed by atoms with Crippen molar-refractivity contribution in [2.45, 2.75) is 37.8 Å². The van der Waals surface area contributed by atoms with E-state index in [1.54, 1.807) is 0 Å². The molecule has 0 amide bonds. The first-order chi connectivity index (χ1) is 9.93. The molecular weight excluding hydrogens is 294 g/mol. The first kappa shape index (κ1) is 15.5. The number of benzene rings is 1. The Balaban J connectivity index is 1.90. The number of nitrogens with one attached hydrogen (secondary N) is 1. The molecule has 112 valence electrons. The maximum absolute atomic E-state index is 10.6. The highest BCUT2D eigenvalue weighted by Gasteiger charge is 2.32. The van der Waals surface area contributed by atoms with Crippen LogP contribution in [0.25, 0.3) is 0 Å². The minimum atomic E-state index is -0.631. The Morgan fingerprint density at radius 3 is 2.86 bits per heavy atom. The molecule has 0 spiro atoms. The zero-order valence-electron chi connectivity index (χ0n) is 11.6. The Kier molecular flexibility index (Phi) is 4.66. The lowest BCUT2D eigenvalue weighted by Crippen LogP contribution is -2.43. The maximum Gasteiger partial charge on any atom is 0.271 e. The van der Waals surface area contributed by atoms with Crippen molar-refractivity contribution in [3.8, 4) is 11.8 Å². The van der Waals surface area contributed by atoms with Gasteiger partial charge in [-0.25, -0.2) is 0 Å². The summed E-state index contributed by atoms with van der Waals surface area (Å²) in [5.41, 5.74) is -0.710. The fourth-order valence-electron chi connectivity index (χ4n) is 1.92. The summed E-state index contributed by atoms with van der Waals surface area (Å²) in [5, 5.41) is 23.3. The van der Waals surface area contributed by atoms with Gasteiger partial charge in [-0.2, -0.15) is 5.26 Å². The molecule has 0 bridgehead atoms. The van der Waals surface area contributed by atoms with Crippen LogP contribution in [0.1, 0.15) is 26.2 Å². The molecule has 1 N–H and O–H groups in total. The number of nitrogens with zero attached hydrogens (tertiary/aromatic N) is 2. The van der Waals surface area contributed by atoms with E-state index in [9.17, 15) is 15.4 Å². The molecule has 1 aromatic carbocycles. The smallest absolute Gasteiger partial charge is 0.271 e. The van der Waals surface area contributed by atoms with Gasteiger partial charge in [0, 0.05) is 24.6 Å². The lowest BCUT2D eigenvalue weighted by Gasteiger charge is -2.23. The number of halogens is 1. The Hall–Kier alpha value is -1.84. The predicted molar refractivity (Wildman–Crippen MR) is 78.4 cm³/mol. The molecule has 21 heavy (non-hydrogen) atoms. The van der Waals surface area contributed by atoms with Gasteiger partial charge in [-0.15, -0.1) is 0 Å². The molecule has 1 aliphatic rings. The van der Waals surface area contributed by atoms with Crippen LogP contribution in [0.5, 0.6) is 5.75 Å². The monoisotopic (exact) mass is 309 g/mol. The second kappa shape index (κ2) is 6.29. The van der Waals surface area contributed by atoms with E-state index in [4.69, 9.17) is 16.3 Å². The first-order valence-electron chi connectivity index (χ1n) is 6.69. The lowest BCUT2D eigenvalue weighted by molar-refractivity contribution is -0.384. The average molecular weight is 310 g/mol. The van der Waals surface area contributed by atoms with Gasteiger partial charge in [-0.05, 0) is 25.8 Å². The van der Waals surface area contributed by atoms with Crippen molar-refractivity contribution in [2.24, 2.45) is 0 Å². The summed E-state index contributed by atoms with van der Waals surface area (Å²) in [6.07, 6.45) is 2.71. The summed E-state index contributed by atoms with van der Waals surface area (Å²) < 4.78 is 5.53. The number of nitro groups is 1. The van der Waals surface area contributed by atoms with E-state index in [0.29, 0.717) is 24.8 Å². The quantitative estimate of drug-likeness (QED) is 0.617.